The summed E-state index contributed by atoms with van der Waals surface area (Å²) in [6, 6.07) is 5.38. The number of rotatable bonds is 4. The number of hydrogen-bond donors (Lipinski definition) is 0. The molecule has 1 atom stereocenters. The Morgan fingerprint density at radius 2 is 1.92 bits per heavy atom. The molecule has 25 heavy (non-hydrogen) atoms. The normalized spacial score (nSPS) is 25.7. The van der Waals surface area contributed by atoms with Crippen molar-refractivity contribution in [1.29, 1.82) is 0 Å². The van der Waals surface area contributed by atoms with Gasteiger partial charge in [-0.05, 0) is 63.6 Å². The first-order chi connectivity index (χ1) is 11.9. The van der Waals surface area contributed by atoms with Gasteiger partial charge in [0.05, 0.1) is 12.2 Å². The number of carbonyl (C=O) groups is 2. The highest BCUT2D eigenvalue weighted by atomic mass is 16.5. The number of ketones is 1. The zero-order chi connectivity index (χ0) is 18.0. The maximum absolute atomic E-state index is 12.4. The molecule has 2 aliphatic rings. The molecule has 0 N–H and O–H groups in total. The fraction of sp³-hybridized carbons (Fsp3) is 0.600. The lowest BCUT2D eigenvalue weighted by molar-refractivity contribution is -0.149. The number of benzene rings is 1. The van der Waals surface area contributed by atoms with Gasteiger partial charge in [0, 0.05) is 5.56 Å². The summed E-state index contributed by atoms with van der Waals surface area (Å²) in [7, 11) is 0. The summed E-state index contributed by atoms with van der Waals surface area (Å²) in [5.74, 6) is 1.24. The first-order valence-corrected chi connectivity index (χ1v) is 9.18. The molecule has 1 aromatic rings. The van der Waals surface area contributed by atoms with Crippen LogP contribution in [-0.2, 0) is 9.53 Å². The van der Waals surface area contributed by atoms with Crippen molar-refractivity contribution in [3.05, 3.63) is 23.8 Å². The van der Waals surface area contributed by atoms with Gasteiger partial charge in [0.25, 0.3) is 0 Å². The van der Waals surface area contributed by atoms with E-state index in [0.717, 1.165) is 37.3 Å². The number of esters is 1. The van der Waals surface area contributed by atoms with Gasteiger partial charge in [-0.3, -0.25) is 9.59 Å². The molecular formula is C20H27NO4. The molecule has 1 fully saturated rings. The van der Waals surface area contributed by atoms with Crippen molar-refractivity contribution < 1.29 is 19.1 Å². The van der Waals surface area contributed by atoms with E-state index in [4.69, 9.17) is 9.47 Å². The second-order valence-electron chi connectivity index (χ2n) is 7.42. The maximum Gasteiger partial charge on any atom is 0.325 e. The number of carbonyl (C=O) groups excluding carboxylic acids is 2. The van der Waals surface area contributed by atoms with Gasteiger partial charge in [-0.15, -0.1) is 0 Å². The lowest BCUT2D eigenvalue weighted by Crippen LogP contribution is -2.42. The standard InChI is InChI=1S/C20H27NO4/c1-13-4-7-17(8-5-13)25-20(23)12-21-11-14(2)24-19-9-6-16(15(3)22)10-18(19)21/h6,9-10,13-14,17H,4-5,7-8,11-12H2,1-3H3. The van der Waals surface area contributed by atoms with Gasteiger partial charge in [-0.1, -0.05) is 6.92 Å². The van der Waals surface area contributed by atoms with Crippen LogP contribution in [0.4, 0.5) is 5.69 Å². The summed E-state index contributed by atoms with van der Waals surface area (Å²) >= 11 is 0. The molecule has 1 aromatic carbocycles. The molecule has 1 heterocycles. The highest BCUT2D eigenvalue weighted by Gasteiger charge is 2.27. The van der Waals surface area contributed by atoms with E-state index in [1.807, 2.05) is 17.9 Å². The third kappa shape index (κ3) is 4.33. The molecular weight excluding hydrogens is 318 g/mol. The van der Waals surface area contributed by atoms with Crippen molar-refractivity contribution in [3.63, 3.8) is 0 Å². The molecule has 1 saturated carbocycles. The monoisotopic (exact) mass is 345 g/mol. The molecule has 0 amide bonds. The summed E-state index contributed by atoms with van der Waals surface area (Å²) in [6.07, 6.45) is 4.19. The van der Waals surface area contributed by atoms with E-state index in [1.54, 1.807) is 12.1 Å². The second-order valence-corrected chi connectivity index (χ2v) is 7.42. The van der Waals surface area contributed by atoms with E-state index in [0.29, 0.717) is 17.9 Å². The van der Waals surface area contributed by atoms with E-state index < -0.39 is 0 Å². The second kappa shape index (κ2) is 7.46. The Bertz CT molecular complexity index is 649. The maximum atomic E-state index is 12.4. The van der Waals surface area contributed by atoms with Crippen LogP contribution in [0.25, 0.3) is 0 Å². The third-order valence-corrected chi connectivity index (χ3v) is 5.09. The van der Waals surface area contributed by atoms with Gasteiger partial charge in [0.15, 0.2) is 5.78 Å². The van der Waals surface area contributed by atoms with E-state index in [-0.39, 0.29) is 30.5 Å². The van der Waals surface area contributed by atoms with Gasteiger partial charge >= 0.3 is 5.97 Å². The smallest absolute Gasteiger partial charge is 0.325 e. The molecule has 5 heteroatoms. The van der Waals surface area contributed by atoms with Crippen LogP contribution in [0, 0.1) is 5.92 Å². The molecule has 136 valence electrons. The Balaban J connectivity index is 1.69. The van der Waals surface area contributed by atoms with Crippen LogP contribution in [0.1, 0.15) is 56.8 Å². The van der Waals surface area contributed by atoms with Crippen molar-refractivity contribution in [2.24, 2.45) is 5.92 Å². The van der Waals surface area contributed by atoms with Gasteiger partial charge in [-0.25, -0.2) is 0 Å². The predicted octanol–water partition coefficient (Wildman–Crippen LogP) is 3.60. The number of fused-ring (bicyclic) bond motifs is 1. The Morgan fingerprint density at radius 3 is 2.60 bits per heavy atom. The zero-order valence-corrected chi connectivity index (χ0v) is 15.3. The summed E-state index contributed by atoms with van der Waals surface area (Å²) < 4.78 is 11.5. The molecule has 0 bridgehead atoms. The first kappa shape index (κ1) is 17.8. The zero-order valence-electron chi connectivity index (χ0n) is 15.3. The summed E-state index contributed by atoms with van der Waals surface area (Å²) in [5, 5.41) is 0. The van der Waals surface area contributed by atoms with Crippen LogP contribution in [-0.4, -0.2) is 37.0 Å². The Kier molecular flexibility index (Phi) is 5.30. The minimum atomic E-state index is -0.201. The average molecular weight is 345 g/mol. The van der Waals surface area contributed by atoms with Crippen LogP contribution in [0.15, 0.2) is 18.2 Å². The van der Waals surface area contributed by atoms with Crippen LogP contribution in [0.3, 0.4) is 0 Å². The van der Waals surface area contributed by atoms with Crippen LogP contribution in [0.2, 0.25) is 0 Å². The van der Waals surface area contributed by atoms with Crippen molar-refractivity contribution in [2.75, 3.05) is 18.0 Å². The number of hydrogen-bond acceptors (Lipinski definition) is 5. The summed E-state index contributed by atoms with van der Waals surface area (Å²) in [6.45, 7) is 6.55. The highest BCUT2D eigenvalue weighted by Crippen LogP contribution is 2.34. The number of Topliss-reactive ketones (excluding diaryl/α,β-unsaturated/α-hetero) is 1. The number of nitrogens with zero attached hydrogens (tertiary/aromatic N) is 1. The minimum Gasteiger partial charge on any atom is -0.487 e. The topological polar surface area (TPSA) is 55.8 Å². The van der Waals surface area contributed by atoms with E-state index in [1.165, 1.54) is 6.92 Å². The molecule has 3 rings (SSSR count). The first-order valence-electron chi connectivity index (χ1n) is 9.18. The molecule has 1 unspecified atom stereocenters. The molecule has 0 radical (unpaired) electrons. The fourth-order valence-electron chi connectivity index (χ4n) is 3.62. The van der Waals surface area contributed by atoms with Crippen LogP contribution < -0.4 is 9.64 Å². The quantitative estimate of drug-likeness (QED) is 0.616. The van der Waals surface area contributed by atoms with Gasteiger partial charge in [0.2, 0.25) is 0 Å². The Morgan fingerprint density at radius 1 is 1.20 bits per heavy atom. The Labute approximate surface area is 149 Å². The largest absolute Gasteiger partial charge is 0.487 e. The van der Waals surface area contributed by atoms with Crippen molar-refractivity contribution in [3.8, 4) is 5.75 Å². The van der Waals surface area contributed by atoms with Crippen molar-refractivity contribution >= 4 is 17.4 Å². The van der Waals surface area contributed by atoms with E-state index in [2.05, 4.69) is 6.92 Å². The van der Waals surface area contributed by atoms with Crippen LogP contribution in [0.5, 0.6) is 5.75 Å². The molecule has 0 spiro atoms. The molecule has 1 aliphatic heterocycles. The average Bonchev–Trinajstić information content (AvgIpc) is 2.56. The van der Waals surface area contributed by atoms with Gasteiger partial charge < -0.3 is 14.4 Å². The van der Waals surface area contributed by atoms with Crippen molar-refractivity contribution in [1.82, 2.24) is 0 Å². The van der Waals surface area contributed by atoms with E-state index in [9.17, 15) is 9.59 Å². The molecule has 1 aliphatic carbocycles. The summed E-state index contributed by atoms with van der Waals surface area (Å²) in [5.41, 5.74) is 1.41. The lowest BCUT2D eigenvalue weighted by Gasteiger charge is -2.35. The summed E-state index contributed by atoms with van der Waals surface area (Å²) in [4.78, 5) is 26.0. The molecule has 0 aromatic heterocycles. The van der Waals surface area contributed by atoms with Crippen molar-refractivity contribution in [2.45, 2.75) is 58.7 Å². The predicted molar refractivity (Wildman–Crippen MR) is 96.3 cm³/mol. The third-order valence-electron chi connectivity index (χ3n) is 5.09. The SMILES string of the molecule is CC(=O)c1ccc2c(c1)N(CC(=O)OC1CCC(C)CC1)CC(C)O2. The van der Waals surface area contributed by atoms with Crippen LogP contribution >= 0.6 is 0 Å². The number of ether oxygens (including phenoxy) is 2. The molecule has 5 nitrogen and oxygen atoms in total. The van der Waals surface area contributed by atoms with Gasteiger partial charge in [-0.2, -0.15) is 0 Å². The van der Waals surface area contributed by atoms with E-state index >= 15 is 0 Å². The van der Waals surface area contributed by atoms with Gasteiger partial charge in [0.1, 0.15) is 24.5 Å². The minimum absolute atomic E-state index is 0.000254. The highest BCUT2D eigenvalue weighted by molar-refractivity contribution is 5.95. The number of anilines is 1. The Hall–Kier alpha value is -2.04. The lowest BCUT2D eigenvalue weighted by atomic mass is 9.89. The fourth-order valence-corrected chi connectivity index (χ4v) is 3.62. The molecule has 0 saturated heterocycles.